The minimum atomic E-state index is -0.390. The number of nitrogens with zero attached hydrogens (tertiary/aromatic N) is 1. The molecule has 8 heteroatoms. The van der Waals surface area contributed by atoms with Gasteiger partial charge in [0.1, 0.15) is 5.82 Å². The van der Waals surface area contributed by atoms with E-state index in [2.05, 4.69) is 20.9 Å². The van der Waals surface area contributed by atoms with E-state index in [9.17, 15) is 14.4 Å². The number of benzene rings is 1. The Balaban J connectivity index is 1.72. The summed E-state index contributed by atoms with van der Waals surface area (Å²) < 4.78 is 0. The number of amides is 3. The van der Waals surface area contributed by atoms with Crippen molar-refractivity contribution in [3.8, 4) is 0 Å². The van der Waals surface area contributed by atoms with Crippen LogP contribution >= 0.6 is 11.6 Å². The number of rotatable bonds is 6. The first kappa shape index (κ1) is 19.8. The van der Waals surface area contributed by atoms with E-state index in [-0.39, 0.29) is 23.8 Å². The molecule has 3 rings (SSSR count). The molecule has 146 valence electrons. The van der Waals surface area contributed by atoms with Gasteiger partial charge in [-0.3, -0.25) is 14.4 Å². The molecule has 1 aliphatic rings. The van der Waals surface area contributed by atoms with Gasteiger partial charge < -0.3 is 16.0 Å². The summed E-state index contributed by atoms with van der Waals surface area (Å²) in [5.74, 6) is -0.737. The maximum atomic E-state index is 12.6. The third-order valence-corrected chi connectivity index (χ3v) is 4.51. The Bertz CT molecular complexity index is 925. The van der Waals surface area contributed by atoms with Gasteiger partial charge in [-0.15, -0.1) is 0 Å². The fourth-order valence-electron chi connectivity index (χ4n) is 2.38. The zero-order chi connectivity index (χ0) is 20.3. The number of carbonyl (C=O) groups excluding carboxylic acids is 3. The molecule has 7 nitrogen and oxygen atoms in total. The Morgan fingerprint density at radius 2 is 1.82 bits per heavy atom. The monoisotopic (exact) mass is 400 g/mol. The van der Waals surface area contributed by atoms with Gasteiger partial charge >= 0.3 is 0 Å². The van der Waals surface area contributed by atoms with Crippen molar-refractivity contribution in [3.63, 3.8) is 0 Å². The summed E-state index contributed by atoms with van der Waals surface area (Å²) in [4.78, 5) is 40.7. The summed E-state index contributed by atoms with van der Waals surface area (Å²) in [7, 11) is 0. The SMILES string of the molecule is CC(C)C(=O)Nc1cc(C(=O)Nc2ccc(Cl)c(C(=O)NC3CC3)c2)ccn1. The molecule has 0 bridgehead atoms. The van der Waals surface area contributed by atoms with Crippen LogP contribution < -0.4 is 16.0 Å². The van der Waals surface area contributed by atoms with Gasteiger partial charge in [-0.05, 0) is 43.2 Å². The first-order valence-electron chi connectivity index (χ1n) is 9.02. The lowest BCUT2D eigenvalue weighted by atomic mass is 10.1. The first-order valence-corrected chi connectivity index (χ1v) is 9.40. The van der Waals surface area contributed by atoms with Crippen molar-refractivity contribution in [3.05, 3.63) is 52.7 Å². The van der Waals surface area contributed by atoms with Crippen LogP contribution in [0.2, 0.25) is 5.02 Å². The van der Waals surface area contributed by atoms with Crippen LogP contribution in [0.5, 0.6) is 0 Å². The highest BCUT2D eigenvalue weighted by Crippen LogP contribution is 2.24. The highest BCUT2D eigenvalue weighted by Gasteiger charge is 2.25. The molecule has 2 aromatic rings. The Hall–Kier alpha value is -2.93. The number of hydrogen-bond acceptors (Lipinski definition) is 4. The minimum absolute atomic E-state index is 0.186. The van der Waals surface area contributed by atoms with E-state index in [1.165, 1.54) is 18.3 Å². The molecule has 0 atom stereocenters. The largest absolute Gasteiger partial charge is 0.349 e. The van der Waals surface area contributed by atoms with E-state index >= 15 is 0 Å². The Morgan fingerprint density at radius 3 is 2.50 bits per heavy atom. The fourth-order valence-corrected chi connectivity index (χ4v) is 2.59. The van der Waals surface area contributed by atoms with Crippen LogP contribution in [0, 0.1) is 5.92 Å². The Labute approximate surface area is 167 Å². The maximum Gasteiger partial charge on any atom is 0.255 e. The highest BCUT2D eigenvalue weighted by atomic mass is 35.5. The van der Waals surface area contributed by atoms with Crippen molar-refractivity contribution >= 4 is 40.8 Å². The molecule has 1 aromatic carbocycles. The van der Waals surface area contributed by atoms with Crippen LogP contribution in [0.1, 0.15) is 47.4 Å². The average molecular weight is 401 g/mol. The van der Waals surface area contributed by atoms with E-state index in [0.717, 1.165) is 12.8 Å². The number of nitrogens with one attached hydrogen (secondary N) is 3. The Kier molecular flexibility index (Phi) is 5.94. The molecule has 0 spiro atoms. The van der Waals surface area contributed by atoms with Crippen molar-refractivity contribution in [2.75, 3.05) is 10.6 Å². The van der Waals surface area contributed by atoms with Crippen LogP contribution in [0.4, 0.5) is 11.5 Å². The summed E-state index contributed by atoms with van der Waals surface area (Å²) in [6.45, 7) is 3.53. The number of halogens is 1. The maximum absolute atomic E-state index is 12.6. The van der Waals surface area contributed by atoms with Gasteiger partial charge in [-0.1, -0.05) is 25.4 Å². The number of hydrogen-bond donors (Lipinski definition) is 3. The van der Waals surface area contributed by atoms with Gasteiger partial charge in [0.05, 0.1) is 10.6 Å². The molecule has 28 heavy (non-hydrogen) atoms. The third kappa shape index (κ3) is 5.07. The Morgan fingerprint density at radius 1 is 1.07 bits per heavy atom. The summed E-state index contributed by atoms with van der Waals surface area (Å²) >= 11 is 6.12. The molecule has 1 saturated carbocycles. The second kappa shape index (κ2) is 8.39. The van der Waals surface area contributed by atoms with Crippen LogP contribution in [0.15, 0.2) is 36.5 Å². The van der Waals surface area contributed by atoms with Crippen molar-refractivity contribution < 1.29 is 14.4 Å². The van der Waals surface area contributed by atoms with Crippen molar-refractivity contribution in [1.29, 1.82) is 0 Å². The predicted octanol–water partition coefficient (Wildman–Crippen LogP) is 3.47. The third-order valence-electron chi connectivity index (χ3n) is 4.18. The van der Waals surface area contributed by atoms with E-state index < -0.39 is 5.91 Å². The van der Waals surface area contributed by atoms with E-state index in [1.54, 1.807) is 32.0 Å². The normalized spacial score (nSPS) is 13.1. The van der Waals surface area contributed by atoms with Gasteiger partial charge in [0.15, 0.2) is 0 Å². The second-order valence-electron chi connectivity index (χ2n) is 6.97. The van der Waals surface area contributed by atoms with Crippen molar-refractivity contribution in [2.24, 2.45) is 5.92 Å². The lowest BCUT2D eigenvalue weighted by Crippen LogP contribution is -2.25. The lowest BCUT2D eigenvalue weighted by molar-refractivity contribution is -0.118. The second-order valence-corrected chi connectivity index (χ2v) is 7.38. The van der Waals surface area contributed by atoms with Crippen LogP contribution in [-0.2, 0) is 4.79 Å². The molecule has 1 heterocycles. The number of carbonyl (C=O) groups is 3. The topological polar surface area (TPSA) is 100 Å². The standard InChI is InChI=1S/C20H21ClN4O3/c1-11(2)18(26)25-17-9-12(7-8-22-17)19(27)24-14-5-6-16(21)15(10-14)20(28)23-13-3-4-13/h5-11,13H,3-4H2,1-2H3,(H,23,28)(H,24,27)(H,22,25,26). The molecular formula is C20H21ClN4O3. The van der Waals surface area contributed by atoms with Gasteiger partial charge in [-0.2, -0.15) is 0 Å². The smallest absolute Gasteiger partial charge is 0.255 e. The number of anilines is 2. The van der Waals surface area contributed by atoms with Crippen molar-refractivity contribution in [2.45, 2.75) is 32.7 Å². The zero-order valence-corrected chi connectivity index (χ0v) is 16.3. The average Bonchev–Trinajstić information content (AvgIpc) is 3.47. The van der Waals surface area contributed by atoms with Crippen LogP contribution in [0.25, 0.3) is 0 Å². The van der Waals surface area contributed by atoms with Crippen molar-refractivity contribution in [1.82, 2.24) is 10.3 Å². The number of pyridine rings is 1. The molecular weight excluding hydrogens is 380 g/mol. The quantitative estimate of drug-likeness (QED) is 0.691. The number of aromatic nitrogens is 1. The molecule has 0 saturated heterocycles. The fraction of sp³-hybridized carbons (Fsp3) is 0.300. The van der Waals surface area contributed by atoms with Gasteiger partial charge in [0.2, 0.25) is 5.91 Å². The molecule has 3 amide bonds. The van der Waals surface area contributed by atoms with E-state index in [0.29, 0.717) is 27.7 Å². The molecule has 0 unspecified atom stereocenters. The van der Waals surface area contributed by atoms with Gasteiger partial charge in [0.25, 0.3) is 11.8 Å². The summed E-state index contributed by atoms with van der Waals surface area (Å²) in [6, 6.07) is 7.97. The van der Waals surface area contributed by atoms with E-state index in [4.69, 9.17) is 11.6 Å². The van der Waals surface area contributed by atoms with Gasteiger partial charge in [0, 0.05) is 29.4 Å². The summed E-state index contributed by atoms with van der Waals surface area (Å²) in [6.07, 6.45) is 3.39. The van der Waals surface area contributed by atoms with Crippen LogP contribution in [0.3, 0.4) is 0 Å². The van der Waals surface area contributed by atoms with E-state index in [1.807, 2.05) is 0 Å². The summed E-state index contributed by atoms with van der Waals surface area (Å²) in [5, 5.41) is 8.58. The minimum Gasteiger partial charge on any atom is -0.349 e. The van der Waals surface area contributed by atoms with Crippen LogP contribution in [-0.4, -0.2) is 28.7 Å². The first-order chi connectivity index (χ1) is 13.3. The predicted molar refractivity (Wildman–Crippen MR) is 108 cm³/mol. The molecule has 0 aliphatic heterocycles. The molecule has 1 fully saturated rings. The molecule has 1 aliphatic carbocycles. The summed E-state index contributed by atoms with van der Waals surface area (Å²) in [5.41, 5.74) is 1.08. The zero-order valence-electron chi connectivity index (χ0n) is 15.6. The molecule has 1 aromatic heterocycles. The highest BCUT2D eigenvalue weighted by molar-refractivity contribution is 6.34. The molecule has 0 radical (unpaired) electrons. The molecule has 3 N–H and O–H groups in total. The lowest BCUT2D eigenvalue weighted by Gasteiger charge is -2.11. The van der Waals surface area contributed by atoms with Gasteiger partial charge in [-0.25, -0.2) is 4.98 Å².